The van der Waals surface area contributed by atoms with E-state index < -0.39 is 0 Å². The highest BCUT2D eigenvalue weighted by atomic mass is 32.2. The number of hydrogen-bond acceptors (Lipinski definition) is 5. The van der Waals surface area contributed by atoms with Crippen LogP contribution in [0.25, 0.3) is 11.4 Å². The zero-order valence-electron chi connectivity index (χ0n) is 17.2. The molecule has 1 fully saturated rings. The molecule has 30 heavy (non-hydrogen) atoms. The maximum absolute atomic E-state index is 12.8. The molecule has 0 saturated heterocycles. The van der Waals surface area contributed by atoms with Crippen LogP contribution in [0.5, 0.6) is 0 Å². The van der Waals surface area contributed by atoms with E-state index >= 15 is 0 Å². The molecule has 0 bridgehead atoms. The molecule has 1 unspecified atom stereocenters. The molecule has 1 aromatic carbocycles. The summed E-state index contributed by atoms with van der Waals surface area (Å²) in [5.41, 5.74) is 2.12. The van der Waals surface area contributed by atoms with Crippen molar-refractivity contribution in [3.05, 3.63) is 60.4 Å². The Labute approximate surface area is 181 Å². The van der Waals surface area contributed by atoms with E-state index in [-0.39, 0.29) is 11.2 Å². The van der Waals surface area contributed by atoms with Gasteiger partial charge in [0.15, 0.2) is 11.0 Å². The van der Waals surface area contributed by atoms with Crippen LogP contribution in [-0.4, -0.2) is 36.9 Å². The molecule has 3 aromatic rings. The number of amides is 1. The Hall–Kier alpha value is -2.67. The lowest BCUT2D eigenvalue weighted by atomic mass is 9.95. The van der Waals surface area contributed by atoms with E-state index in [1.54, 1.807) is 12.4 Å². The number of pyridine rings is 1. The summed E-state index contributed by atoms with van der Waals surface area (Å²) in [6, 6.07) is 14.4. The van der Waals surface area contributed by atoms with Crippen molar-refractivity contribution in [2.45, 2.75) is 62.0 Å². The monoisotopic (exact) mass is 421 g/mol. The van der Waals surface area contributed by atoms with Crippen LogP contribution in [0.3, 0.4) is 0 Å². The first kappa shape index (κ1) is 20.6. The Morgan fingerprint density at radius 2 is 1.83 bits per heavy atom. The van der Waals surface area contributed by atoms with Crippen molar-refractivity contribution >= 4 is 17.7 Å². The van der Waals surface area contributed by atoms with Gasteiger partial charge in [-0.15, -0.1) is 10.2 Å². The summed E-state index contributed by atoms with van der Waals surface area (Å²) < 4.78 is 2.08. The summed E-state index contributed by atoms with van der Waals surface area (Å²) in [5, 5.41) is 12.6. The van der Waals surface area contributed by atoms with Crippen molar-refractivity contribution in [2.24, 2.45) is 0 Å². The Kier molecular flexibility index (Phi) is 6.79. The van der Waals surface area contributed by atoms with Gasteiger partial charge in [-0.2, -0.15) is 0 Å². The number of hydrogen-bond donors (Lipinski definition) is 1. The number of rotatable bonds is 7. The predicted molar refractivity (Wildman–Crippen MR) is 119 cm³/mol. The van der Waals surface area contributed by atoms with Crippen LogP contribution in [0.15, 0.2) is 60.0 Å². The maximum Gasteiger partial charge on any atom is 0.233 e. The summed E-state index contributed by atoms with van der Waals surface area (Å²) in [6.07, 6.45) is 9.35. The number of nitrogens with one attached hydrogen (secondary N) is 1. The first-order chi connectivity index (χ1) is 14.7. The van der Waals surface area contributed by atoms with Crippen LogP contribution >= 0.6 is 11.8 Å². The first-order valence-corrected chi connectivity index (χ1v) is 11.4. The van der Waals surface area contributed by atoms with Crippen LogP contribution in [0.2, 0.25) is 0 Å². The maximum atomic E-state index is 12.8. The summed E-state index contributed by atoms with van der Waals surface area (Å²) >= 11 is 1.46. The normalized spacial score (nSPS) is 15.6. The van der Waals surface area contributed by atoms with E-state index in [1.165, 1.54) is 31.0 Å². The highest BCUT2D eigenvalue weighted by Gasteiger charge is 2.23. The number of aromatic nitrogens is 4. The molecule has 0 spiro atoms. The molecule has 4 rings (SSSR count). The van der Waals surface area contributed by atoms with Crippen LogP contribution in [0.1, 0.15) is 44.6 Å². The average Bonchev–Trinajstić information content (AvgIpc) is 3.17. The van der Waals surface area contributed by atoms with Gasteiger partial charge < -0.3 is 5.32 Å². The molecule has 1 aliphatic rings. The minimum Gasteiger partial charge on any atom is -0.352 e. The molecule has 7 heteroatoms. The average molecular weight is 422 g/mol. The van der Waals surface area contributed by atoms with E-state index in [1.807, 2.05) is 37.3 Å². The lowest BCUT2D eigenvalue weighted by Gasteiger charge is -2.24. The number of nitrogens with zero attached hydrogens (tertiary/aromatic N) is 4. The first-order valence-electron chi connectivity index (χ1n) is 10.6. The molecular weight excluding hydrogens is 394 g/mol. The van der Waals surface area contributed by atoms with Gasteiger partial charge in [0.05, 0.1) is 11.8 Å². The zero-order valence-corrected chi connectivity index (χ0v) is 18.0. The van der Waals surface area contributed by atoms with Crippen molar-refractivity contribution in [3.63, 3.8) is 0 Å². The standard InChI is InChI=1S/C23H27N5OS/c1-17(22(29)25-20-10-6-3-7-11-20)30-23-27-26-21(19-12-14-24-15-13-19)28(23)16-18-8-4-2-5-9-18/h2,4-5,8-9,12-15,17,20H,3,6-7,10-11,16H2,1H3,(H,25,29). The number of thioether (sulfide) groups is 1. The van der Waals surface area contributed by atoms with Crippen molar-refractivity contribution in [3.8, 4) is 11.4 Å². The van der Waals surface area contributed by atoms with Gasteiger partial charge in [0.1, 0.15) is 0 Å². The quantitative estimate of drug-likeness (QED) is 0.575. The van der Waals surface area contributed by atoms with Gasteiger partial charge in [0, 0.05) is 24.0 Å². The smallest absolute Gasteiger partial charge is 0.233 e. The molecule has 1 N–H and O–H groups in total. The second kappa shape index (κ2) is 9.89. The van der Waals surface area contributed by atoms with Gasteiger partial charge in [-0.05, 0) is 37.5 Å². The molecule has 2 heterocycles. The molecule has 1 atom stereocenters. The van der Waals surface area contributed by atoms with Crippen molar-refractivity contribution in [2.75, 3.05) is 0 Å². The Morgan fingerprint density at radius 3 is 2.57 bits per heavy atom. The predicted octanol–water partition coefficient (Wildman–Crippen LogP) is 4.32. The van der Waals surface area contributed by atoms with Crippen LogP contribution < -0.4 is 5.32 Å². The fourth-order valence-electron chi connectivity index (χ4n) is 3.78. The van der Waals surface area contributed by atoms with Gasteiger partial charge in [-0.25, -0.2) is 0 Å². The third kappa shape index (κ3) is 5.08. The lowest BCUT2D eigenvalue weighted by Crippen LogP contribution is -2.40. The second-order valence-corrected chi connectivity index (χ2v) is 9.03. The summed E-state index contributed by atoms with van der Waals surface area (Å²) in [7, 11) is 0. The van der Waals surface area contributed by atoms with Gasteiger partial charge in [-0.3, -0.25) is 14.3 Å². The molecule has 6 nitrogen and oxygen atoms in total. The van der Waals surface area contributed by atoms with Gasteiger partial charge in [0.25, 0.3) is 0 Å². The minimum atomic E-state index is -0.240. The number of benzene rings is 1. The van der Waals surface area contributed by atoms with E-state index in [0.717, 1.165) is 34.9 Å². The molecule has 2 aromatic heterocycles. The van der Waals surface area contributed by atoms with Crippen molar-refractivity contribution in [1.29, 1.82) is 0 Å². The largest absolute Gasteiger partial charge is 0.352 e. The van der Waals surface area contributed by atoms with Crippen LogP contribution in [0, 0.1) is 0 Å². The topological polar surface area (TPSA) is 72.7 Å². The molecular formula is C23H27N5OS. The van der Waals surface area contributed by atoms with Gasteiger partial charge in [0.2, 0.25) is 5.91 Å². The third-order valence-corrected chi connectivity index (χ3v) is 6.52. The van der Waals surface area contributed by atoms with Gasteiger partial charge in [-0.1, -0.05) is 61.4 Å². The minimum absolute atomic E-state index is 0.0756. The van der Waals surface area contributed by atoms with E-state index in [0.29, 0.717) is 12.6 Å². The molecule has 1 aliphatic carbocycles. The van der Waals surface area contributed by atoms with E-state index in [9.17, 15) is 4.79 Å². The van der Waals surface area contributed by atoms with Crippen LogP contribution in [0.4, 0.5) is 0 Å². The molecule has 0 aliphatic heterocycles. The fourth-order valence-corrected chi connectivity index (χ4v) is 4.63. The van der Waals surface area contributed by atoms with Crippen LogP contribution in [-0.2, 0) is 11.3 Å². The van der Waals surface area contributed by atoms with Gasteiger partial charge >= 0.3 is 0 Å². The van der Waals surface area contributed by atoms with Crippen molar-refractivity contribution < 1.29 is 4.79 Å². The third-order valence-electron chi connectivity index (χ3n) is 5.44. The molecule has 1 saturated carbocycles. The highest BCUT2D eigenvalue weighted by molar-refractivity contribution is 8.00. The highest BCUT2D eigenvalue weighted by Crippen LogP contribution is 2.28. The number of carbonyl (C=O) groups is 1. The summed E-state index contributed by atoms with van der Waals surface area (Å²) in [4.78, 5) is 16.9. The Balaban J connectivity index is 1.54. The van der Waals surface area contributed by atoms with E-state index in [2.05, 4.69) is 37.2 Å². The summed E-state index contributed by atoms with van der Waals surface area (Å²) in [5.74, 6) is 0.857. The number of carbonyl (C=O) groups excluding carboxylic acids is 1. The SMILES string of the molecule is CC(Sc1nnc(-c2ccncc2)n1Cc1ccccc1)C(=O)NC1CCCCC1. The second-order valence-electron chi connectivity index (χ2n) is 7.72. The molecule has 156 valence electrons. The zero-order chi connectivity index (χ0) is 20.8. The Morgan fingerprint density at radius 1 is 1.10 bits per heavy atom. The molecule has 0 radical (unpaired) electrons. The van der Waals surface area contributed by atoms with Crippen molar-refractivity contribution in [1.82, 2.24) is 25.1 Å². The molecule has 1 amide bonds. The Bertz CT molecular complexity index is 954. The van der Waals surface area contributed by atoms with E-state index in [4.69, 9.17) is 0 Å². The fraction of sp³-hybridized carbons (Fsp3) is 0.391. The lowest BCUT2D eigenvalue weighted by molar-refractivity contribution is -0.121. The summed E-state index contributed by atoms with van der Waals surface area (Å²) in [6.45, 7) is 2.58.